The molecule has 0 aromatic heterocycles. The number of carbonyl (C=O) groups excluding carboxylic acids is 2. The number of carbonyl (C=O) groups is 2. The highest BCUT2D eigenvalue weighted by Gasteiger charge is 2.29. The number of nitrogens with two attached hydrogens (primary N) is 1. The first-order valence-electron chi connectivity index (χ1n) is 11.3. The number of nitrogen functional groups attached to an aromatic ring is 1. The van der Waals surface area contributed by atoms with Crippen molar-refractivity contribution in [2.24, 2.45) is 0 Å². The summed E-state index contributed by atoms with van der Waals surface area (Å²) in [6.45, 7) is 0.270. The summed E-state index contributed by atoms with van der Waals surface area (Å²) in [5, 5.41) is 23.5. The lowest BCUT2D eigenvalue weighted by atomic mass is 9.98. The first kappa shape index (κ1) is 24.3. The molecule has 0 saturated carbocycles. The Morgan fingerprint density at radius 3 is 2.26 bits per heavy atom. The van der Waals surface area contributed by atoms with Gasteiger partial charge in [0, 0.05) is 18.2 Å². The first-order valence-corrected chi connectivity index (χ1v) is 11.3. The van der Waals surface area contributed by atoms with E-state index in [0.29, 0.717) is 0 Å². The summed E-state index contributed by atoms with van der Waals surface area (Å²) in [6.07, 6.45) is -3.04. The molecule has 1 aliphatic carbocycles. The van der Waals surface area contributed by atoms with E-state index in [4.69, 9.17) is 10.5 Å². The maximum Gasteiger partial charge on any atom is 0.407 e. The fraction of sp³-hybridized carbons (Fsp3) is 0.259. The Bertz CT molecular complexity index is 1180. The van der Waals surface area contributed by atoms with E-state index in [1.165, 1.54) is 25.3 Å². The lowest BCUT2D eigenvalue weighted by molar-refractivity contribution is 0.0136. The highest BCUT2D eigenvalue weighted by atomic mass is 16.5. The van der Waals surface area contributed by atoms with E-state index >= 15 is 0 Å². The van der Waals surface area contributed by atoms with Crippen molar-refractivity contribution in [3.8, 4) is 11.1 Å². The van der Waals surface area contributed by atoms with Gasteiger partial charge in [0.15, 0.2) is 0 Å². The molecule has 35 heavy (non-hydrogen) atoms. The van der Waals surface area contributed by atoms with Crippen LogP contribution in [0.1, 0.15) is 45.5 Å². The number of rotatable bonds is 8. The zero-order valence-corrected chi connectivity index (χ0v) is 19.3. The fourth-order valence-corrected chi connectivity index (χ4v) is 4.43. The van der Waals surface area contributed by atoms with Crippen molar-refractivity contribution < 1.29 is 29.3 Å². The smallest absolute Gasteiger partial charge is 0.407 e. The number of fused-ring (bicyclic) bond motifs is 3. The normalized spacial score (nSPS) is 13.9. The summed E-state index contributed by atoms with van der Waals surface area (Å²) in [4.78, 5) is 24.1. The van der Waals surface area contributed by atoms with Gasteiger partial charge in [-0.3, -0.25) is 0 Å². The molecule has 0 aliphatic heterocycles. The molecule has 3 aromatic carbocycles. The number of esters is 1. The zero-order valence-electron chi connectivity index (χ0n) is 19.3. The predicted octanol–water partition coefficient (Wildman–Crippen LogP) is 3.38. The Hall–Kier alpha value is -3.88. The van der Waals surface area contributed by atoms with Crippen LogP contribution < -0.4 is 11.1 Å². The highest BCUT2D eigenvalue weighted by molar-refractivity contribution is 5.90. The van der Waals surface area contributed by atoms with Crippen LogP contribution in [0.5, 0.6) is 0 Å². The molecule has 0 saturated heterocycles. The van der Waals surface area contributed by atoms with Gasteiger partial charge in [-0.25, -0.2) is 9.59 Å². The molecular formula is C27H28N2O6. The summed E-state index contributed by atoms with van der Waals surface area (Å²) in [5.74, 6) is -0.648. The Morgan fingerprint density at radius 1 is 1.00 bits per heavy atom. The largest absolute Gasteiger partial charge is 0.465 e. The van der Waals surface area contributed by atoms with E-state index in [9.17, 15) is 19.8 Å². The van der Waals surface area contributed by atoms with E-state index in [1.54, 1.807) is 0 Å². The molecule has 1 amide bonds. The van der Waals surface area contributed by atoms with Crippen LogP contribution in [-0.4, -0.2) is 48.6 Å². The molecule has 1 aliphatic rings. The van der Waals surface area contributed by atoms with Crippen LogP contribution in [-0.2, 0) is 9.47 Å². The third kappa shape index (κ3) is 5.29. The maximum absolute atomic E-state index is 12.3. The van der Waals surface area contributed by atoms with Gasteiger partial charge in [-0.15, -0.1) is 0 Å². The Morgan fingerprint density at radius 2 is 1.63 bits per heavy atom. The van der Waals surface area contributed by atoms with Gasteiger partial charge < -0.3 is 30.7 Å². The van der Waals surface area contributed by atoms with Crippen LogP contribution in [0.2, 0.25) is 0 Å². The molecule has 2 atom stereocenters. The number of aliphatic hydroxyl groups excluding tert-OH is 2. The summed E-state index contributed by atoms with van der Waals surface area (Å²) in [7, 11) is 1.24. The molecule has 0 bridgehead atoms. The molecule has 0 heterocycles. The van der Waals surface area contributed by atoms with E-state index < -0.39 is 24.3 Å². The lowest BCUT2D eigenvalue weighted by Gasteiger charge is -2.19. The van der Waals surface area contributed by atoms with Crippen molar-refractivity contribution in [1.29, 1.82) is 0 Å². The van der Waals surface area contributed by atoms with Gasteiger partial charge in [0.1, 0.15) is 12.7 Å². The maximum atomic E-state index is 12.3. The average Bonchev–Trinajstić information content (AvgIpc) is 3.19. The summed E-state index contributed by atoms with van der Waals surface area (Å²) in [6, 6.07) is 20.4. The average molecular weight is 477 g/mol. The SMILES string of the molecule is COC(=O)c1cc(N)cc(C(O)C(O)CCNC(=O)OCC2c3ccccc3-c3ccccc32)c1. The summed E-state index contributed by atoms with van der Waals surface area (Å²) >= 11 is 0. The van der Waals surface area contributed by atoms with Crippen LogP contribution in [0.4, 0.5) is 10.5 Å². The van der Waals surface area contributed by atoms with Gasteiger partial charge in [0.2, 0.25) is 0 Å². The minimum Gasteiger partial charge on any atom is -0.465 e. The monoisotopic (exact) mass is 476 g/mol. The molecule has 8 nitrogen and oxygen atoms in total. The second kappa shape index (κ2) is 10.6. The van der Waals surface area contributed by atoms with Gasteiger partial charge in [-0.05, 0) is 52.4 Å². The molecule has 8 heteroatoms. The predicted molar refractivity (Wildman–Crippen MR) is 131 cm³/mol. The summed E-state index contributed by atoms with van der Waals surface area (Å²) in [5.41, 5.74) is 11.0. The Kier molecular flexibility index (Phi) is 7.33. The number of ether oxygens (including phenoxy) is 2. The van der Waals surface area contributed by atoms with Gasteiger partial charge >= 0.3 is 12.1 Å². The summed E-state index contributed by atoms with van der Waals surface area (Å²) < 4.78 is 10.2. The standard InChI is InChI=1S/C27H28N2O6/c1-34-26(32)17-12-16(13-18(28)14-17)25(31)24(30)10-11-29-27(33)35-15-23-21-8-4-2-6-19(21)20-7-3-5-9-22(20)23/h2-9,12-14,23-25,30-31H,10-11,15,28H2,1H3,(H,29,33). The van der Waals surface area contributed by atoms with Crippen LogP contribution in [0.3, 0.4) is 0 Å². The van der Waals surface area contributed by atoms with Crippen molar-refractivity contribution in [1.82, 2.24) is 5.32 Å². The van der Waals surface area contributed by atoms with Gasteiger partial charge in [-0.2, -0.15) is 0 Å². The van der Waals surface area contributed by atoms with Gasteiger partial charge in [0.25, 0.3) is 0 Å². The second-order valence-corrected chi connectivity index (χ2v) is 8.43. The number of hydrogen-bond acceptors (Lipinski definition) is 7. The van der Waals surface area contributed by atoms with Gasteiger partial charge in [-0.1, -0.05) is 48.5 Å². The minimum absolute atomic E-state index is 0.0480. The van der Waals surface area contributed by atoms with Gasteiger partial charge in [0.05, 0.1) is 18.8 Å². The molecular weight excluding hydrogens is 448 g/mol. The van der Waals surface area contributed by atoms with Crippen molar-refractivity contribution in [3.63, 3.8) is 0 Å². The molecule has 2 unspecified atom stereocenters. The number of amides is 1. The van der Waals surface area contributed by atoms with Crippen molar-refractivity contribution in [2.45, 2.75) is 24.5 Å². The van der Waals surface area contributed by atoms with Crippen molar-refractivity contribution >= 4 is 17.7 Å². The third-order valence-corrected chi connectivity index (χ3v) is 6.16. The number of methoxy groups -OCH3 is 1. The van der Waals surface area contributed by atoms with E-state index in [1.807, 2.05) is 36.4 Å². The van der Waals surface area contributed by atoms with Crippen LogP contribution >= 0.6 is 0 Å². The Balaban J connectivity index is 1.29. The van der Waals surface area contributed by atoms with Crippen LogP contribution in [0.15, 0.2) is 66.7 Å². The molecule has 4 rings (SSSR count). The quantitative estimate of drug-likeness (QED) is 0.290. The number of aliphatic hydroxyl groups is 2. The molecule has 3 aromatic rings. The molecule has 182 valence electrons. The van der Waals surface area contributed by atoms with Crippen molar-refractivity contribution in [3.05, 3.63) is 89.0 Å². The minimum atomic E-state index is -1.30. The van der Waals surface area contributed by atoms with Crippen LogP contribution in [0, 0.1) is 0 Å². The lowest BCUT2D eigenvalue weighted by Crippen LogP contribution is -2.30. The number of alkyl carbamates (subject to hydrolysis) is 1. The third-order valence-electron chi connectivity index (χ3n) is 6.16. The molecule has 0 spiro atoms. The number of benzene rings is 3. The topological polar surface area (TPSA) is 131 Å². The van der Waals surface area contributed by atoms with Crippen LogP contribution in [0.25, 0.3) is 11.1 Å². The highest BCUT2D eigenvalue weighted by Crippen LogP contribution is 2.44. The molecule has 0 fully saturated rings. The number of anilines is 1. The van der Waals surface area contributed by atoms with Crippen molar-refractivity contribution in [2.75, 3.05) is 26.0 Å². The number of hydrogen-bond donors (Lipinski definition) is 4. The second-order valence-electron chi connectivity index (χ2n) is 8.43. The Labute approximate surface area is 203 Å². The fourth-order valence-electron chi connectivity index (χ4n) is 4.43. The zero-order chi connectivity index (χ0) is 24.9. The van der Waals surface area contributed by atoms with E-state index in [0.717, 1.165) is 22.3 Å². The molecule has 0 radical (unpaired) electrons. The number of nitrogens with one attached hydrogen (secondary N) is 1. The van der Waals surface area contributed by atoms with E-state index in [2.05, 4.69) is 22.2 Å². The molecule has 5 N–H and O–H groups in total. The van der Waals surface area contributed by atoms with E-state index in [-0.39, 0.29) is 42.3 Å². The first-order chi connectivity index (χ1) is 16.9.